The zero-order chi connectivity index (χ0) is 11.3. The van der Waals surface area contributed by atoms with Crippen molar-refractivity contribution in [1.29, 1.82) is 0 Å². The van der Waals surface area contributed by atoms with E-state index in [1.54, 1.807) is 14.0 Å². The monoisotopic (exact) mass is 208 g/mol. The van der Waals surface area contributed by atoms with Crippen molar-refractivity contribution in [2.75, 3.05) is 7.11 Å². The van der Waals surface area contributed by atoms with Crippen molar-refractivity contribution in [3.8, 4) is 5.75 Å². The first-order chi connectivity index (χ1) is 7.13. The van der Waals surface area contributed by atoms with E-state index in [1.807, 2.05) is 24.3 Å². The Morgan fingerprint density at radius 1 is 1.47 bits per heavy atom. The van der Waals surface area contributed by atoms with Crippen LogP contribution in [-0.2, 0) is 11.3 Å². The highest BCUT2D eigenvalue weighted by Crippen LogP contribution is 2.10. The van der Waals surface area contributed by atoms with E-state index in [4.69, 9.17) is 10.5 Å². The first kappa shape index (κ1) is 11.5. The summed E-state index contributed by atoms with van der Waals surface area (Å²) in [6, 6.07) is 7.05. The van der Waals surface area contributed by atoms with Crippen LogP contribution >= 0.6 is 0 Å². The van der Waals surface area contributed by atoms with Gasteiger partial charge in [-0.15, -0.1) is 0 Å². The SMILES string of the molecule is COc1ccc(CNC(=O)[C@H](C)N)cc1. The van der Waals surface area contributed by atoms with Crippen molar-refractivity contribution in [3.05, 3.63) is 29.8 Å². The third kappa shape index (κ3) is 3.59. The van der Waals surface area contributed by atoms with Crippen molar-refractivity contribution >= 4 is 5.91 Å². The molecule has 1 amide bonds. The van der Waals surface area contributed by atoms with Crippen molar-refractivity contribution in [3.63, 3.8) is 0 Å². The van der Waals surface area contributed by atoms with Crippen LogP contribution in [0.15, 0.2) is 24.3 Å². The van der Waals surface area contributed by atoms with E-state index in [-0.39, 0.29) is 5.91 Å². The number of hydrogen-bond acceptors (Lipinski definition) is 3. The van der Waals surface area contributed by atoms with Crippen LogP contribution in [0.2, 0.25) is 0 Å². The van der Waals surface area contributed by atoms with Gasteiger partial charge in [0.1, 0.15) is 5.75 Å². The minimum Gasteiger partial charge on any atom is -0.497 e. The third-order valence-corrected chi connectivity index (χ3v) is 2.04. The zero-order valence-corrected chi connectivity index (χ0v) is 8.99. The molecule has 3 N–H and O–H groups in total. The molecule has 15 heavy (non-hydrogen) atoms. The maximum Gasteiger partial charge on any atom is 0.236 e. The number of amides is 1. The summed E-state index contributed by atoms with van der Waals surface area (Å²) in [5.41, 5.74) is 6.43. The molecule has 82 valence electrons. The molecule has 0 bridgehead atoms. The lowest BCUT2D eigenvalue weighted by atomic mass is 10.2. The minimum absolute atomic E-state index is 0.147. The van der Waals surface area contributed by atoms with Crippen LogP contribution < -0.4 is 15.8 Å². The Morgan fingerprint density at radius 2 is 2.07 bits per heavy atom. The predicted molar refractivity (Wildman–Crippen MR) is 58.5 cm³/mol. The molecule has 4 heteroatoms. The molecule has 1 atom stereocenters. The standard InChI is InChI=1S/C11H16N2O2/c1-8(12)11(14)13-7-9-3-5-10(15-2)6-4-9/h3-6,8H,7,12H2,1-2H3,(H,13,14)/t8-/m0/s1. The van der Waals surface area contributed by atoms with Gasteiger partial charge in [-0.2, -0.15) is 0 Å². The third-order valence-electron chi connectivity index (χ3n) is 2.04. The molecular formula is C11H16N2O2. The van der Waals surface area contributed by atoms with E-state index in [0.717, 1.165) is 11.3 Å². The molecule has 0 aliphatic rings. The number of nitrogens with one attached hydrogen (secondary N) is 1. The van der Waals surface area contributed by atoms with E-state index < -0.39 is 6.04 Å². The van der Waals surface area contributed by atoms with Crippen molar-refractivity contribution in [2.24, 2.45) is 5.73 Å². The summed E-state index contributed by atoms with van der Waals surface area (Å²) in [7, 11) is 1.62. The van der Waals surface area contributed by atoms with Crippen LogP contribution in [0, 0.1) is 0 Å². The first-order valence-corrected chi connectivity index (χ1v) is 4.79. The van der Waals surface area contributed by atoms with Gasteiger partial charge in [0, 0.05) is 6.54 Å². The maximum absolute atomic E-state index is 11.2. The Morgan fingerprint density at radius 3 is 2.53 bits per heavy atom. The largest absolute Gasteiger partial charge is 0.497 e. The summed E-state index contributed by atoms with van der Waals surface area (Å²) in [5, 5.41) is 2.73. The van der Waals surface area contributed by atoms with E-state index in [2.05, 4.69) is 5.32 Å². The minimum atomic E-state index is -0.469. The molecule has 1 aromatic rings. The molecule has 0 fully saturated rings. The molecule has 0 spiro atoms. The number of benzene rings is 1. The predicted octanol–water partition coefficient (Wildman–Crippen LogP) is 0.659. The van der Waals surface area contributed by atoms with E-state index >= 15 is 0 Å². The maximum atomic E-state index is 11.2. The second-order valence-electron chi connectivity index (χ2n) is 3.35. The molecule has 0 saturated heterocycles. The number of ether oxygens (including phenoxy) is 1. The van der Waals surface area contributed by atoms with Gasteiger partial charge in [-0.1, -0.05) is 12.1 Å². The van der Waals surface area contributed by atoms with Crippen LogP contribution in [0.5, 0.6) is 5.75 Å². The molecule has 0 heterocycles. The van der Waals surface area contributed by atoms with Crippen LogP contribution in [0.4, 0.5) is 0 Å². The summed E-state index contributed by atoms with van der Waals surface area (Å²) < 4.78 is 5.03. The van der Waals surface area contributed by atoms with Gasteiger partial charge in [0.05, 0.1) is 13.2 Å². The number of carbonyl (C=O) groups is 1. The molecule has 0 saturated carbocycles. The van der Waals surface area contributed by atoms with Crippen molar-refractivity contribution < 1.29 is 9.53 Å². The van der Waals surface area contributed by atoms with Gasteiger partial charge >= 0.3 is 0 Å². The van der Waals surface area contributed by atoms with Crippen LogP contribution in [0.1, 0.15) is 12.5 Å². The second kappa shape index (κ2) is 5.36. The summed E-state index contributed by atoms with van der Waals surface area (Å²) >= 11 is 0. The van der Waals surface area contributed by atoms with Gasteiger partial charge in [0.25, 0.3) is 0 Å². The highest BCUT2D eigenvalue weighted by molar-refractivity contribution is 5.80. The van der Waals surface area contributed by atoms with Crippen LogP contribution in [0.3, 0.4) is 0 Å². The Labute approximate surface area is 89.4 Å². The summed E-state index contributed by atoms with van der Waals surface area (Å²) in [6.45, 7) is 2.15. The molecule has 4 nitrogen and oxygen atoms in total. The smallest absolute Gasteiger partial charge is 0.236 e. The number of nitrogens with two attached hydrogens (primary N) is 1. The summed E-state index contributed by atoms with van der Waals surface area (Å²) in [4.78, 5) is 11.2. The van der Waals surface area contributed by atoms with Gasteiger partial charge in [0.2, 0.25) is 5.91 Å². The van der Waals surface area contributed by atoms with E-state index in [1.165, 1.54) is 0 Å². The van der Waals surface area contributed by atoms with Crippen molar-refractivity contribution in [1.82, 2.24) is 5.32 Å². The van der Waals surface area contributed by atoms with E-state index in [0.29, 0.717) is 6.54 Å². The van der Waals surface area contributed by atoms with Gasteiger partial charge in [-0.3, -0.25) is 4.79 Å². The molecule has 0 radical (unpaired) electrons. The van der Waals surface area contributed by atoms with Crippen LogP contribution in [-0.4, -0.2) is 19.1 Å². The van der Waals surface area contributed by atoms with Gasteiger partial charge in [-0.25, -0.2) is 0 Å². The highest BCUT2D eigenvalue weighted by Gasteiger charge is 2.05. The number of methoxy groups -OCH3 is 1. The molecule has 0 aliphatic carbocycles. The zero-order valence-electron chi connectivity index (χ0n) is 8.99. The fourth-order valence-electron chi connectivity index (χ4n) is 1.09. The number of hydrogen-bond donors (Lipinski definition) is 2. The van der Waals surface area contributed by atoms with Gasteiger partial charge < -0.3 is 15.8 Å². The van der Waals surface area contributed by atoms with Crippen LogP contribution in [0.25, 0.3) is 0 Å². The highest BCUT2D eigenvalue weighted by atomic mass is 16.5. The Kier molecular flexibility index (Phi) is 4.12. The number of carbonyl (C=O) groups excluding carboxylic acids is 1. The fraction of sp³-hybridized carbons (Fsp3) is 0.364. The fourth-order valence-corrected chi connectivity index (χ4v) is 1.09. The number of rotatable bonds is 4. The lowest BCUT2D eigenvalue weighted by Crippen LogP contribution is -2.37. The average Bonchev–Trinajstić information content (AvgIpc) is 2.26. The first-order valence-electron chi connectivity index (χ1n) is 4.79. The second-order valence-corrected chi connectivity index (χ2v) is 3.35. The molecule has 0 unspecified atom stereocenters. The normalized spacial score (nSPS) is 11.9. The molecule has 0 aromatic heterocycles. The van der Waals surface area contributed by atoms with Crippen molar-refractivity contribution in [2.45, 2.75) is 19.5 Å². The average molecular weight is 208 g/mol. The summed E-state index contributed by atoms with van der Waals surface area (Å²) in [6.07, 6.45) is 0. The van der Waals surface area contributed by atoms with E-state index in [9.17, 15) is 4.79 Å². The molecule has 1 aromatic carbocycles. The van der Waals surface area contributed by atoms with Gasteiger partial charge in [0.15, 0.2) is 0 Å². The Hall–Kier alpha value is -1.55. The van der Waals surface area contributed by atoms with Gasteiger partial charge in [-0.05, 0) is 24.6 Å². The Bertz CT molecular complexity index is 320. The molecule has 0 aliphatic heterocycles. The lowest BCUT2D eigenvalue weighted by molar-refractivity contribution is -0.122. The Balaban J connectivity index is 2.47. The topological polar surface area (TPSA) is 64.3 Å². The molecule has 1 rings (SSSR count). The lowest BCUT2D eigenvalue weighted by Gasteiger charge is -2.08. The quantitative estimate of drug-likeness (QED) is 0.764. The summed E-state index contributed by atoms with van der Waals surface area (Å²) in [5.74, 6) is 0.656. The molecular weight excluding hydrogens is 192 g/mol.